The first-order valence-corrected chi connectivity index (χ1v) is 8.81. The van der Waals surface area contributed by atoms with Crippen LogP contribution in [0.15, 0.2) is 24.3 Å². The zero-order valence-corrected chi connectivity index (χ0v) is 15.0. The maximum atomic E-state index is 4.62. The SMILES string of the molecule is Cc1ccc(C)c(CN2CCC(Cn3nc(C)cc3C)CC2)c1. The summed E-state index contributed by atoms with van der Waals surface area (Å²) in [6.45, 7) is 13.2. The standard InChI is InChI=1S/C20H29N3/c1-15-5-6-16(2)20(11-15)14-22-9-7-19(8-10-22)13-23-18(4)12-17(3)21-23/h5-6,11-12,19H,7-10,13-14H2,1-4H3. The summed E-state index contributed by atoms with van der Waals surface area (Å²) in [4.78, 5) is 2.61. The molecule has 0 unspecified atom stereocenters. The number of nitrogens with zero attached hydrogens (tertiary/aromatic N) is 3. The van der Waals surface area contributed by atoms with Crippen LogP contribution in [0.3, 0.4) is 0 Å². The minimum atomic E-state index is 0.767. The fraction of sp³-hybridized carbons (Fsp3) is 0.550. The molecule has 1 aromatic carbocycles. The van der Waals surface area contributed by atoms with Gasteiger partial charge in [-0.1, -0.05) is 23.8 Å². The number of benzene rings is 1. The van der Waals surface area contributed by atoms with E-state index >= 15 is 0 Å². The number of hydrogen-bond acceptors (Lipinski definition) is 2. The highest BCUT2D eigenvalue weighted by Gasteiger charge is 2.20. The molecular formula is C20H29N3. The van der Waals surface area contributed by atoms with Crippen molar-refractivity contribution in [3.05, 3.63) is 52.3 Å². The van der Waals surface area contributed by atoms with Gasteiger partial charge in [0, 0.05) is 18.8 Å². The monoisotopic (exact) mass is 311 g/mol. The average Bonchev–Trinajstić information content (AvgIpc) is 2.83. The van der Waals surface area contributed by atoms with Crippen LogP contribution in [0, 0.1) is 33.6 Å². The predicted octanol–water partition coefficient (Wildman–Crippen LogP) is 4.03. The Balaban J connectivity index is 1.54. The maximum Gasteiger partial charge on any atom is 0.0596 e. The van der Waals surface area contributed by atoms with Crippen LogP contribution in [0.25, 0.3) is 0 Å². The highest BCUT2D eigenvalue weighted by Crippen LogP contribution is 2.22. The molecule has 3 nitrogen and oxygen atoms in total. The van der Waals surface area contributed by atoms with Crippen molar-refractivity contribution in [2.24, 2.45) is 5.92 Å². The van der Waals surface area contributed by atoms with Gasteiger partial charge in [0.25, 0.3) is 0 Å². The van der Waals surface area contributed by atoms with Crippen LogP contribution >= 0.6 is 0 Å². The molecule has 1 aliphatic heterocycles. The Morgan fingerprint density at radius 3 is 2.43 bits per heavy atom. The van der Waals surface area contributed by atoms with Crippen molar-refractivity contribution < 1.29 is 0 Å². The lowest BCUT2D eigenvalue weighted by Crippen LogP contribution is -2.35. The fourth-order valence-electron chi connectivity index (χ4n) is 3.64. The molecule has 1 saturated heterocycles. The van der Waals surface area contributed by atoms with Gasteiger partial charge >= 0.3 is 0 Å². The van der Waals surface area contributed by atoms with E-state index in [4.69, 9.17) is 0 Å². The molecule has 0 radical (unpaired) electrons. The van der Waals surface area contributed by atoms with Gasteiger partial charge in [0.15, 0.2) is 0 Å². The fourth-order valence-corrected chi connectivity index (χ4v) is 3.64. The molecule has 0 spiro atoms. The van der Waals surface area contributed by atoms with Crippen molar-refractivity contribution in [2.45, 2.75) is 53.6 Å². The van der Waals surface area contributed by atoms with E-state index in [9.17, 15) is 0 Å². The lowest BCUT2D eigenvalue weighted by atomic mass is 9.96. The molecule has 0 bridgehead atoms. The van der Waals surface area contributed by atoms with Crippen LogP contribution in [0.5, 0.6) is 0 Å². The minimum absolute atomic E-state index is 0.767. The molecule has 0 saturated carbocycles. The summed E-state index contributed by atoms with van der Waals surface area (Å²) in [5.41, 5.74) is 6.70. The van der Waals surface area contributed by atoms with Gasteiger partial charge < -0.3 is 0 Å². The molecular weight excluding hydrogens is 282 g/mol. The predicted molar refractivity (Wildman–Crippen MR) is 95.6 cm³/mol. The third-order valence-corrected chi connectivity index (χ3v) is 5.14. The summed E-state index contributed by atoms with van der Waals surface area (Å²) in [5.74, 6) is 0.767. The van der Waals surface area contributed by atoms with Crippen molar-refractivity contribution in [2.75, 3.05) is 13.1 Å². The summed E-state index contributed by atoms with van der Waals surface area (Å²) in [6.07, 6.45) is 2.56. The molecule has 1 aromatic heterocycles. The van der Waals surface area contributed by atoms with Gasteiger partial charge in [0.2, 0.25) is 0 Å². The molecule has 1 fully saturated rings. The first-order chi connectivity index (χ1) is 11.0. The summed E-state index contributed by atoms with van der Waals surface area (Å²) in [6, 6.07) is 8.98. The van der Waals surface area contributed by atoms with Crippen molar-refractivity contribution in [1.29, 1.82) is 0 Å². The van der Waals surface area contributed by atoms with Crippen molar-refractivity contribution in [3.63, 3.8) is 0 Å². The Morgan fingerprint density at radius 2 is 1.78 bits per heavy atom. The lowest BCUT2D eigenvalue weighted by Gasteiger charge is -2.32. The van der Waals surface area contributed by atoms with E-state index in [2.05, 4.69) is 66.6 Å². The van der Waals surface area contributed by atoms with Gasteiger partial charge in [-0.2, -0.15) is 5.10 Å². The summed E-state index contributed by atoms with van der Waals surface area (Å²) < 4.78 is 2.19. The molecule has 0 amide bonds. The first-order valence-electron chi connectivity index (χ1n) is 8.81. The molecule has 1 aliphatic rings. The maximum absolute atomic E-state index is 4.62. The van der Waals surface area contributed by atoms with Crippen molar-refractivity contribution in [3.8, 4) is 0 Å². The van der Waals surface area contributed by atoms with Crippen LogP contribution in [0.1, 0.15) is 40.9 Å². The van der Waals surface area contributed by atoms with Gasteiger partial charge in [-0.15, -0.1) is 0 Å². The minimum Gasteiger partial charge on any atom is -0.299 e. The van der Waals surface area contributed by atoms with Crippen LogP contribution in [0.4, 0.5) is 0 Å². The number of aromatic nitrogens is 2. The lowest BCUT2D eigenvalue weighted by molar-refractivity contribution is 0.164. The number of hydrogen-bond donors (Lipinski definition) is 0. The highest BCUT2D eigenvalue weighted by atomic mass is 15.3. The third kappa shape index (κ3) is 4.03. The largest absolute Gasteiger partial charge is 0.299 e. The Morgan fingerprint density at radius 1 is 1.04 bits per heavy atom. The molecule has 3 rings (SSSR count). The molecule has 2 aromatic rings. The van der Waals surface area contributed by atoms with Gasteiger partial charge in [0.1, 0.15) is 0 Å². The Kier molecular flexibility index (Phi) is 4.86. The smallest absolute Gasteiger partial charge is 0.0596 e. The molecule has 0 atom stereocenters. The zero-order valence-electron chi connectivity index (χ0n) is 15.0. The van der Waals surface area contributed by atoms with Crippen LogP contribution < -0.4 is 0 Å². The third-order valence-electron chi connectivity index (χ3n) is 5.14. The molecule has 0 aliphatic carbocycles. The summed E-state index contributed by atoms with van der Waals surface area (Å²) in [7, 11) is 0. The zero-order chi connectivity index (χ0) is 16.4. The van der Waals surface area contributed by atoms with E-state index in [-0.39, 0.29) is 0 Å². The van der Waals surface area contributed by atoms with Gasteiger partial charge in [-0.05, 0) is 76.7 Å². The number of rotatable bonds is 4. The van der Waals surface area contributed by atoms with Gasteiger partial charge in [-0.3, -0.25) is 9.58 Å². The van der Waals surface area contributed by atoms with Crippen LogP contribution in [-0.4, -0.2) is 27.8 Å². The normalized spacial score (nSPS) is 16.9. The van der Waals surface area contributed by atoms with Gasteiger partial charge in [0.05, 0.1) is 5.69 Å². The van der Waals surface area contributed by atoms with E-state index in [1.54, 1.807) is 0 Å². The Bertz CT molecular complexity index is 664. The summed E-state index contributed by atoms with van der Waals surface area (Å²) in [5, 5.41) is 4.62. The number of piperidine rings is 1. The number of likely N-dealkylation sites (tertiary alicyclic amines) is 1. The van der Waals surface area contributed by atoms with Crippen molar-refractivity contribution >= 4 is 0 Å². The second-order valence-electron chi connectivity index (χ2n) is 7.26. The topological polar surface area (TPSA) is 21.1 Å². The van der Waals surface area contributed by atoms with Crippen LogP contribution in [-0.2, 0) is 13.1 Å². The molecule has 0 N–H and O–H groups in total. The quantitative estimate of drug-likeness (QED) is 0.850. The summed E-state index contributed by atoms with van der Waals surface area (Å²) >= 11 is 0. The number of aryl methyl sites for hydroxylation is 4. The van der Waals surface area contributed by atoms with E-state index in [1.807, 2.05) is 0 Å². The van der Waals surface area contributed by atoms with E-state index in [1.165, 1.54) is 48.3 Å². The molecule has 124 valence electrons. The van der Waals surface area contributed by atoms with E-state index < -0.39 is 0 Å². The second-order valence-corrected chi connectivity index (χ2v) is 7.26. The first kappa shape index (κ1) is 16.3. The second kappa shape index (κ2) is 6.88. The molecule has 3 heteroatoms. The average molecular weight is 311 g/mol. The molecule has 2 heterocycles. The Labute approximate surface area is 140 Å². The van der Waals surface area contributed by atoms with Gasteiger partial charge in [-0.25, -0.2) is 0 Å². The van der Waals surface area contributed by atoms with E-state index in [0.717, 1.165) is 24.7 Å². The highest BCUT2D eigenvalue weighted by molar-refractivity contribution is 5.30. The van der Waals surface area contributed by atoms with Crippen molar-refractivity contribution in [1.82, 2.24) is 14.7 Å². The Hall–Kier alpha value is -1.61. The van der Waals surface area contributed by atoms with Crippen LogP contribution in [0.2, 0.25) is 0 Å². The van der Waals surface area contributed by atoms with E-state index in [0.29, 0.717) is 0 Å². The molecule has 23 heavy (non-hydrogen) atoms.